The summed E-state index contributed by atoms with van der Waals surface area (Å²) in [4.78, 5) is 14.8. The molecule has 0 aliphatic heterocycles. The van der Waals surface area contributed by atoms with E-state index in [0.717, 1.165) is 34.2 Å². The normalized spacial score (nSPS) is 10.8. The van der Waals surface area contributed by atoms with Crippen LogP contribution in [0.2, 0.25) is 5.02 Å². The van der Waals surface area contributed by atoms with E-state index in [1.807, 2.05) is 49.4 Å². The monoisotopic (exact) mass is 299 g/mol. The van der Waals surface area contributed by atoms with Crippen LogP contribution in [-0.2, 0) is 0 Å². The molecule has 0 saturated carbocycles. The maximum absolute atomic E-state index is 11.5. The van der Waals surface area contributed by atoms with Gasteiger partial charge in [-0.05, 0) is 37.3 Å². The predicted octanol–water partition coefficient (Wildman–Crippen LogP) is 4.70. The molecule has 3 rings (SSSR count). The van der Waals surface area contributed by atoms with Crippen molar-refractivity contribution in [1.82, 2.24) is 4.98 Å². The number of fused-ring (bicyclic) bond motifs is 1. The molecule has 0 spiro atoms. The number of carbonyl (C=O) groups excluding carboxylic acids is 1. The molecule has 0 amide bonds. The molecule has 0 radical (unpaired) electrons. The SMILES string of the molecule is CCOc1ccc2[nH]c(-c3cccc(Cl)c3)c(C=O)c2c1. The van der Waals surface area contributed by atoms with Gasteiger partial charge < -0.3 is 9.72 Å². The molecule has 0 fully saturated rings. The van der Waals surface area contributed by atoms with Gasteiger partial charge in [0.2, 0.25) is 0 Å². The van der Waals surface area contributed by atoms with E-state index in [-0.39, 0.29) is 0 Å². The van der Waals surface area contributed by atoms with E-state index in [0.29, 0.717) is 17.2 Å². The Morgan fingerprint density at radius 1 is 1.24 bits per heavy atom. The highest BCUT2D eigenvalue weighted by molar-refractivity contribution is 6.30. The number of aromatic nitrogens is 1. The predicted molar refractivity (Wildman–Crippen MR) is 85.3 cm³/mol. The van der Waals surface area contributed by atoms with Crippen molar-refractivity contribution in [3.63, 3.8) is 0 Å². The molecule has 2 aromatic carbocycles. The molecule has 3 aromatic rings. The zero-order valence-electron chi connectivity index (χ0n) is 11.5. The largest absolute Gasteiger partial charge is 0.494 e. The number of ether oxygens (including phenoxy) is 1. The molecule has 0 aliphatic carbocycles. The highest BCUT2D eigenvalue weighted by atomic mass is 35.5. The first-order valence-corrected chi connectivity index (χ1v) is 7.10. The molecule has 3 nitrogen and oxygen atoms in total. The summed E-state index contributed by atoms with van der Waals surface area (Å²) in [5.41, 5.74) is 3.18. The second kappa shape index (κ2) is 5.62. The molecule has 4 heteroatoms. The zero-order valence-corrected chi connectivity index (χ0v) is 12.3. The van der Waals surface area contributed by atoms with Crippen molar-refractivity contribution < 1.29 is 9.53 Å². The molecule has 0 aliphatic rings. The summed E-state index contributed by atoms with van der Waals surface area (Å²) in [5.74, 6) is 0.754. The maximum Gasteiger partial charge on any atom is 0.152 e. The number of halogens is 1. The van der Waals surface area contributed by atoms with Crippen LogP contribution in [0, 0.1) is 0 Å². The van der Waals surface area contributed by atoms with Gasteiger partial charge in [0.05, 0.1) is 12.3 Å². The first-order valence-electron chi connectivity index (χ1n) is 6.72. The van der Waals surface area contributed by atoms with Crippen LogP contribution in [0.3, 0.4) is 0 Å². The first kappa shape index (κ1) is 13.7. The van der Waals surface area contributed by atoms with E-state index >= 15 is 0 Å². The smallest absolute Gasteiger partial charge is 0.152 e. The van der Waals surface area contributed by atoms with Crippen molar-refractivity contribution in [2.75, 3.05) is 6.61 Å². The Hall–Kier alpha value is -2.26. The quantitative estimate of drug-likeness (QED) is 0.710. The lowest BCUT2D eigenvalue weighted by Crippen LogP contribution is -1.90. The molecule has 0 atom stereocenters. The average Bonchev–Trinajstić information content (AvgIpc) is 2.85. The number of aromatic amines is 1. The van der Waals surface area contributed by atoms with Crippen LogP contribution in [-0.4, -0.2) is 17.9 Å². The van der Waals surface area contributed by atoms with Crippen LogP contribution in [0.4, 0.5) is 0 Å². The van der Waals surface area contributed by atoms with E-state index < -0.39 is 0 Å². The Morgan fingerprint density at radius 2 is 2.10 bits per heavy atom. The van der Waals surface area contributed by atoms with Crippen molar-refractivity contribution in [3.8, 4) is 17.0 Å². The van der Waals surface area contributed by atoms with Gasteiger partial charge in [-0.25, -0.2) is 0 Å². The van der Waals surface area contributed by atoms with E-state index in [4.69, 9.17) is 16.3 Å². The van der Waals surface area contributed by atoms with Crippen molar-refractivity contribution in [3.05, 3.63) is 53.1 Å². The minimum absolute atomic E-state index is 0.591. The number of carbonyl (C=O) groups is 1. The lowest BCUT2D eigenvalue weighted by Gasteiger charge is -2.02. The van der Waals surface area contributed by atoms with Crippen LogP contribution >= 0.6 is 11.6 Å². The molecular weight excluding hydrogens is 286 g/mol. The number of benzene rings is 2. The average molecular weight is 300 g/mol. The minimum Gasteiger partial charge on any atom is -0.494 e. The highest BCUT2D eigenvalue weighted by Crippen LogP contribution is 2.32. The summed E-state index contributed by atoms with van der Waals surface area (Å²) >= 11 is 6.03. The number of aldehydes is 1. The fraction of sp³-hybridized carbons (Fsp3) is 0.118. The van der Waals surface area contributed by atoms with E-state index in [2.05, 4.69) is 4.98 Å². The third-order valence-electron chi connectivity index (χ3n) is 3.35. The van der Waals surface area contributed by atoms with Gasteiger partial charge in [0.15, 0.2) is 6.29 Å². The third-order valence-corrected chi connectivity index (χ3v) is 3.59. The van der Waals surface area contributed by atoms with Gasteiger partial charge in [-0.3, -0.25) is 4.79 Å². The van der Waals surface area contributed by atoms with Crippen molar-refractivity contribution in [2.45, 2.75) is 6.92 Å². The van der Waals surface area contributed by atoms with Gasteiger partial charge in [-0.1, -0.05) is 23.7 Å². The number of H-pyrrole nitrogens is 1. The van der Waals surface area contributed by atoms with Crippen LogP contribution < -0.4 is 4.74 Å². The van der Waals surface area contributed by atoms with Gasteiger partial charge in [0, 0.05) is 27.1 Å². The standard InChI is InChI=1S/C17H14ClNO2/c1-2-21-13-6-7-16-14(9-13)15(10-20)17(19-16)11-4-3-5-12(18)8-11/h3-10,19H,2H2,1H3. The molecule has 0 unspecified atom stereocenters. The number of hydrogen-bond donors (Lipinski definition) is 1. The maximum atomic E-state index is 11.5. The Morgan fingerprint density at radius 3 is 2.81 bits per heavy atom. The minimum atomic E-state index is 0.591. The van der Waals surface area contributed by atoms with Gasteiger partial charge in [0.25, 0.3) is 0 Å². The van der Waals surface area contributed by atoms with Gasteiger partial charge in [-0.15, -0.1) is 0 Å². The van der Waals surface area contributed by atoms with Crippen molar-refractivity contribution in [1.29, 1.82) is 0 Å². The number of hydrogen-bond acceptors (Lipinski definition) is 2. The fourth-order valence-corrected chi connectivity index (χ4v) is 2.63. The molecule has 1 N–H and O–H groups in total. The Bertz CT molecular complexity index is 808. The lowest BCUT2D eigenvalue weighted by atomic mass is 10.1. The van der Waals surface area contributed by atoms with Gasteiger partial charge in [0.1, 0.15) is 5.75 Å². The van der Waals surface area contributed by atoms with Crippen LogP contribution in [0.5, 0.6) is 5.75 Å². The van der Waals surface area contributed by atoms with Gasteiger partial charge in [-0.2, -0.15) is 0 Å². The van der Waals surface area contributed by atoms with E-state index in [1.165, 1.54) is 0 Å². The summed E-state index contributed by atoms with van der Waals surface area (Å²) < 4.78 is 5.50. The second-order valence-electron chi connectivity index (χ2n) is 4.68. The second-order valence-corrected chi connectivity index (χ2v) is 5.12. The highest BCUT2D eigenvalue weighted by Gasteiger charge is 2.13. The molecule has 1 aromatic heterocycles. The summed E-state index contributed by atoms with van der Waals surface area (Å²) in [6.45, 7) is 2.52. The van der Waals surface area contributed by atoms with Crippen molar-refractivity contribution in [2.24, 2.45) is 0 Å². The zero-order chi connectivity index (χ0) is 14.8. The lowest BCUT2D eigenvalue weighted by molar-refractivity contribution is 0.112. The Balaban J connectivity index is 2.21. The number of nitrogens with one attached hydrogen (secondary N) is 1. The fourth-order valence-electron chi connectivity index (χ4n) is 2.44. The summed E-state index contributed by atoms with van der Waals surface area (Å²) in [6.07, 6.45) is 0.866. The summed E-state index contributed by atoms with van der Waals surface area (Å²) in [5, 5.41) is 1.49. The first-order chi connectivity index (χ1) is 10.2. The van der Waals surface area contributed by atoms with Crippen LogP contribution in [0.25, 0.3) is 22.2 Å². The third kappa shape index (κ3) is 2.52. The van der Waals surface area contributed by atoms with Gasteiger partial charge >= 0.3 is 0 Å². The molecular formula is C17H14ClNO2. The van der Waals surface area contributed by atoms with E-state index in [1.54, 1.807) is 0 Å². The molecule has 0 bridgehead atoms. The molecule has 0 saturated heterocycles. The Kier molecular flexibility index (Phi) is 3.67. The molecule has 21 heavy (non-hydrogen) atoms. The van der Waals surface area contributed by atoms with E-state index in [9.17, 15) is 4.79 Å². The summed E-state index contributed by atoms with van der Waals surface area (Å²) in [7, 11) is 0. The summed E-state index contributed by atoms with van der Waals surface area (Å²) in [6, 6.07) is 13.1. The number of rotatable bonds is 4. The molecule has 1 heterocycles. The van der Waals surface area contributed by atoms with Crippen LogP contribution in [0.15, 0.2) is 42.5 Å². The molecule has 106 valence electrons. The Labute approximate surface area is 127 Å². The topological polar surface area (TPSA) is 42.1 Å². The van der Waals surface area contributed by atoms with Crippen molar-refractivity contribution >= 4 is 28.8 Å². The van der Waals surface area contributed by atoms with Crippen LogP contribution in [0.1, 0.15) is 17.3 Å².